The third-order valence-corrected chi connectivity index (χ3v) is 6.51. The smallest absolute Gasteiger partial charge is 0.257 e. The average molecular weight is 430 g/mol. The Morgan fingerprint density at radius 2 is 1.97 bits per heavy atom. The van der Waals surface area contributed by atoms with E-state index >= 15 is 0 Å². The van der Waals surface area contributed by atoms with Crippen LogP contribution in [-0.2, 0) is 23.0 Å². The van der Waals surface area contributed by atoms with Crippen LogP contribution in [0.1, 0.15) is 41.6 Å². The molecule has 0 radical (unpaired) electrons. The number of unbranched alkanes of at least 4 members (excludes halogenated alkanes) is 1. The Hall–Kier alpha value is -2.12. The van der Waals surface area contributed by atoms with E-state index in [1.165, 1.54) is 5.56 Å². The lowest BCUT2D eigenvalue weighted by molar-refractivity contribution is -0.135. The number of aryl methyl sites for hydroxylation is 2. The minimum absolute atomic E-state index is 0.0222. The first-order valence-corrected chi connectivity index (χ1v) is 11.5. The number of aromatic nitrogens is 2. The summed E-state index contributed by atoms with van der Waals surface area (Å²) >= 11 is 1.59. The molecule has 1 amide bonds. The molecule has 1 aliphatic rings. The van der Waals surface area contributed by atoms with E-state index in [1.807, 2.05) is 24.0 Å². The molecule has 7 heteroatoms. The molecule has 6 nitrogen and oxygen atoms in total. The molecule has 1 aromatic carbocycles. The van der Waals surface area contributed by atoms with E-state index in [0.717, 1.165) is 40.6 Å². The van der Waals surface area contributed by atoms with Gasteiger partial charge in [-0.15, -0.1) is 0 Å². The highest BCUT2D eigenvalue weighted by Gasteiger charge is 2.16. The second-order valence-corrected chi connectivity index (χ2v) is 8.85. The Balaban J connectivity index is 1.53. The number of nitrogens with zero attached hydrogens (tertiary/aromatic N) is 3. The van der Waals surface area contributed by atoms with E-state index in [9.17, 15) is 9.59 Å². The fraction of sp³-hybridized carbons (Fsp3) is 0.522. The van der Waals surface area contributed by atoms with Crippen LogP contribution in [0.2, 0.25) is 0 Å². The zero-order valence-electron chi connectivity index (χ0n) is 18.1. The average Bonchev–Trinajstić information content (AvgIpc) is 2.75. The second kappa shape index (κ2) is 10.8. The quantitative estimate of drug-likeness (QED) is 0.367. The van der Waals surface area contributed by atoms with Gasteiger partial charge in [0.25, 0.3) is 5.56 Å². The fourth-order valence-corrected chi connectivity index (χ4v) is 4.61. The number of benzene rings is 1. The van der Waals surface area contributed by atoms with Crippen molar-refractivity contribution in [3.8, 4) is 0 Å². The Morgan fingerprint density at radius 3 is 2.70 bits per heavy atom. The van der Waals surface area contributed by atoms with Crippen LogP contribution < -0.4 is 5.56 Å². The van der Waals surface area contributed by atoms with Gasteiger partial charge in [-0.05, 0) is 32.3 Å². The zero-order valence-corrected chi connectivity index (χ0v) is 19.0. The zero-order chi connectivity index (χ0) is 21.5. The molecular formula is C23H31N3O3S. The summed E-state index contributed by atoms with van der Waals surface area (Å²) in [5.74, 6) is 1.05. The van der Waals surface area contributed by atoms with Crippen molar-refractivity contribution >= 4 is 17.7 Å². The third-order valence-electron chi connectivity index (χ3n) is 5.39. The number of carbonyl (C=O) groups excluding carboxylic acids is 1. The number of ether oxygens (including phenoxy) is 1. The van der Waals surface area contributed by atoms with Crippen molar-refractivity contribution in [1.29, 1.82) is 0 Å². The molecule has 1 aromatic heterocycles. The van der Waals surface area contributed by atoms with E-state index in [-0.39, 0.29) is 11.5 Å². The number of thioether (sulfide) groups is 1. The van der Waals surface area contributed by atoms with Gasteiger partial charge in [0.1, 0.15) is 0 Å². The van der Waals surface area contributed by atoms with Gasteiger partial charge >= 0.3 is 0 Å². The summed E-state index contributed by atoms with van der Waals surface area (Å²) in [5, 5.41) is 0.741. The van der Waals surface area contributed by atoms with Crippen molar-refractivity contribution in [2.45, 2.75) is 44.7 Å². The number of hydrogen-bond donors (Lipinski definition) is 0. The first-order valence-electron chi connectivity index (χ1n) is 10.6. The van der Waals surface area contributed by atoms with E-state index < -0.39 is 0 Å². The number of hydrogen-bond acceptors (Lipinski definition) is 5. The van der Waals surface area contributed by atoms with Gasteiger partial charge in [0.15, 0.2) is 5.16 Å². The summed E-state index contributed by atoms with van der Waals surface area (Å²) < 4.78 is 6.94. The molecule has 30 heavy (non-hydrogen) atoms. The highest BCUT2D eigenvalue weighted by molar-refractivity contribution is 7.99. The second-order valence-electron chi connectivity index (χ2n) is 7.79. The SMILES string of the molecule is Cc1cccc(Cc2c(C)nc(SCCCCC(=O)N3CCOCC3)n(C)c2=O)c1. The minimum Gasteiger partial charge on any atom is -0.378 e. The van der Waals surface area contributed by atoms with Crippen LogP contribution >= 0.6 is 11.8 Å². The van der Waals surface area contributed by atoms with Crippen molar-refractivity contribution < 1.29 is 9.53 Å². The van der Waals surface area contributed by atoms with Crippen molar-refractivity contribution in [3.05, 3.63) is 57.0 Å². The van der Waals surface area contributed by atoms with Gasteiger partial charge in [-0.25, -0.2) is 4.98 Å². The maximum absolute atomic E-state index is 12.9. The lowest BCUT2D eigenvalue weighted by Gasteiger charge is -2.26. The summed E-state index contributed by atoms with van der Waals surface area (Å²) in [4.78, 5) is 31.7. The van der Waals surface area contributed by atoms with Gasteiger partial charge < -0.3 is 9.64 Å². The van der Waals surface area contributed by atoms with Crippen LogP contribution in [0.15, 0.2) is 34.2 Å². The number of amides is 1. The van der Waals surface area contributed by atoms with E-state index in [4.69, 9.17) is 9.72 Å². The van der Waals surface area contributed by atoms with Crippen molar-refractivity contribution in [2.75, 3.05) is 32.1 Å². The lowest BCUT2D eigenvalue weighted by Crippen LogP contribution is -2.40. The normalized spacial score (nSPS) is 14.2. The van der Waals surface area contributed by atoms with Gasteiger partial charge in [-0.3, -0.25) is 14.2 Å². The Kier molecular flexibility index (Phi) is 8.10. The Bertz CT molecular complexity index is 936. The molecule has 0 aliphatic carbocycles. The van der Waals surface area contributed by atoms with Gasteiger partial charge in [-0.2, -0.15) is 0 Å². The van der Waals surface area contributed by atoms with Crippen molar-refractivity contribution in [2.24, 2.45) is 7.05 Å². The topological polar surface area (TPSA) is 64.4 Å². The summed E-state index contributed by atoms with van der Waals surface area (Å²) in [5.41, 5.74) is 3.89. The first kappa shape index (κ1) is 22.6. The van der Waals surface area contributed by atoms with Crippen LogP contribution in [0.4, 0.5) is 0 Å². The Labute approximate surface area is 182 Å². The highest BCUT2D eigenvalue weighted by Crippen LogP contribution is 2.19. The van der Waals surface area contributed by atoms with E-state index in [2.05, 4.69) is 19.1 Å². The molecule has 0 bridgehead atoms. The standard InChI is InChI=1S/C23H31N3O3S/c1-17-7-6-8-19(15-17)16-20-18(2)24-23(25(3)22(20)28)30-14-5-4-9-21(27)26-10-12-29-13-11-26/h6-8,15H,4-5,9-14,16H2,1-3H3. The van der Waals surface area contributed by atoms with Crippen LogP contribution in [-0.4, -0.2) is 52.4 Å². The molecule has 0 saturated carbocycles. The van der Waals surface area contributed by atoms with Gasteiger partial charge in [0.2, 0.25) is 5.91 Å². The largest absolute Gasteiger partial charge is 0.378 e. The van der Waals surface area contributed by atoms with E-state index in [1.54, 1.807) is 23.4 Å². The van der Waals surface area contributed by atoms with Gasteiger partial charge in [0, 0.05) is 50.0 Å². The molecule has 1 aliphatic heterocycles. The number of rotatable bonds is 8. The Morgan fingerprint density at radius 1 is 1.20 bits per heavy atom. The fourth-order valence-electron chi connectivity index (χ4n) is 3.60. The molecule has 162 valence electrons. The number of carbonyl (C=O) groups is 1. The van der Waals surface area contributed by atoms with Crippen molar-refractivity contribution in [1.82, 2.24) is 14.5 Å². The summed E-state index contributed by atoms with van der Waals surface area (Å²) in [6, 6.07) is 8.24. The monoisotopic (exact) mass is 429 g/mol. The molecule has 0 spiro atoms. The lowest BCUT2D eigenvalue weighted by atomic mass is 10.0. The summed E-state index contributed by atoms with van der Waals surface area (Å²) in [6.45, 7) is 6.65. The van der Waals surface area contributed by atoms with Crippen LogP contribution in [0.25, 0.3) is 0 Å². The van der Waals surface area contributed by atoms with E-state index in [0.29, 0.717) is 39.1 Å². The number of morpholine rings is 1. The molecule has 0 N–H and O–H groups in total. The molecular weight excluding hydrogens is 398 g/mol. The van der Waals surface area contributed by atoms with Crippen LogP contribution in [0.5, 0.6) is 0 Å². The summed E-state index contributed by atoms with van der Waals surface area (Å²) in [6.07, 6.45) is 2.94. The predicted octanol–water partition coefficient (Wildman–Crippen LogP) is 3.11. The highest BCUT2D eigenvalue weighted by atomic mass is 32.2. The molecule has 2 heterocycles. The van der Waals surface area contributed by atoms with Gasteiger partial charge in [0.05, 0.1) is 13.2 Å². The van der Waals surface area contributed by atoms with Crippen molar-refractivity contribution in [3.63, 3.8) is 0 Å². The molecule has 0 atom stereocenters. The molecule has 3 rings (SSSR count). The maximum Gasteiger partial charge on any atom is 0.257 e. The molecule has 0 unspecified atom stereocenters. The molecule has 1 fully saturated rings. The molecule has 2 aromatic rings. The summed E-state index contributed by atoms with van der Waals surface area (Å²) in [7, 11) is 1.79. The molecule has 1 saturated heterocycles. The third kappa shape index (κ3) is 5.95. The first-order chi connectivity index (χ1) is 14.5. The van der Waals surface area contributed by atoms with Crippen LogP contribution in [0.3, 0.4) is 0 Å². The van der Waals surface area contributed by atoms with Crippen LogP contribution in [0, 0.1) is 13.8 Å². The maximum atomic E-state index is 12.9. The van der Waals surface area contributed by atoms with Gasteiger partial charge in [-0.1, -0.05) is 41.6 Å². The minimum atomic E-state index is 0.0222. The predicted molar refractivity (Wildman–Crippen MR) is 120 cm³/mol.